The van der Waals surface area contributed by atoms with Gasteiger partial charge in [0.05, 0.1) is 0 Å². The second-order valence-corrected chi connectivity index (χ2v) is 12.0. The summed E-state index contributed by atoms with van der Waals surface area (Å²) in [7, 11) is 0. The molecular formula is C28H38N2O2. The lowest BCUT2D eigenvalue weighted by Gasteiger charge is -2.40. The maximum atomic E-state index is 12.5. The third-order valence-corrected chi connectivity index (χ3v) is 6.97. The van der Waals surface area contributed by atoms with E-state index in [1.807, 2.05) is 59.7 Å². The predicted octanol–water partition coefficient (Wildman–Crippen LogP) is 6.54. The van der Waals surface area contributed by atoms with Crippen LogP contribution in [0, 0.1) is 16.2 Å². The lowest BCUT2D eigenvalue weighted by Crippen LogP contribution is -2.36. The largest absolute Gasteiger partial charge is 0.326 e. The van der Waals surface area contributed by atoms with E-state index in [9.17, 15) is 9.59 Å². The van der Waals surface area contributed by atoms with Gasteiger partial charge in [-0.3, -0.25) is 9.59 Å². The van der Waals surface area contributed by atoms with Crippen molar-refractivity contribution in [3.8, 4) is 0 Å². The molecule has 0 aliphatic heterocycles. The van der Waals surface area contributed by atoms with Gasteiger partial charge in [0, 0.05) is 27.6 Å². The molecule has 0 radical (unpaired) electrons. The minimum Gasteiger partial charge on any atom is -0.326 e. The molecule has 172 valence electrons. The fraction of sp³-hybridized carbons (Fsp3) is 0.500. The predicted molar refractivity (Wildman–Crippen MR) is 133 cm³/mol. The van der Waals surface area contributed by atoms with Crippen LogP contribution in [-0.2, 0) is 21.4 Å². The average Bonchev–Trinajstić information content (AvgIpc) is 2.87. The quantitative estimate of drug-likeness (QED) is 0.576. The van der Waals surface area contributed by atoms with Crippen molar-refractivity contribution in [1.82, 2.24) is 0 Å². The average molecular weight is 435 g/mol. The summed E-state index contributed by atoms with van der Waals surface area (Å²) in [6.07, 6.45) is 0.967. The van der Waals surface area contributed by atoms with Crippen LogP contribution in [0.3, 0.4) is 0 Å². The Morgan fingerprint density at radius 2 is 1.22 bits per heavy atom. The third-order valence-electron chi connectivity index (χ3n) is 6.97. The number of amides is 2. The van der Waals surface area contributed by atoms with E-state index >= 15 is 0 Å². The van der Waals surface area contributed by atoms with Crippen molar-refractivity contribution >= 4 is 23.2 Å². The molecule has 0 heterocycles. The lowest BCUT2D eigenvalue weighted by atomic mass is 9.63. The van der Waals surface area contributed by atoms with Crippen molar-refractivity contribution in [2.75, 3.05) is 10.6 Å². The number of carbonyl (C=O) groups excluding carboxylic acids is 2. The Balaban J connectivity index is 1.97. The Kier molecular flexibility index (Phi) is 5.82. The smallest absolute Gasteiger partial charge is 0.229 e. The Labute approximate surface area is 193 Å². The molecule has 2 aromatic carbocycles. The zero-order valence-electron chi connectivity index (χ0n) is 21.1. The molecule has 3 rings (SSSR count). The topological polar surface area (TPSA) is 58.2 Å². The molecular weight excluding hydrogens is 396 g/mol. The van der Waals surface area contributed by atoms with Crippen molar-refractivity contribution in [2.24, 2.45) is 16.2 Å². The summed E-state index contributed by atoms with van der Waals surface area (Å²) in [5.41, 5.74) is 4.29. The van der Waals surface area contributed by atoms with E-state index in [4.69, 9.17) is 0 Å². The zero-order valence-corrected chi connectivity index (χ0v) is 21.1. The highest BCUT2D eigenvalue weighted by atomic mass is 16.2. The van der Waals surface area contributed by atoms with Crippen LogP contribution in [0.4, 0.5) is 11.4 Å². The van der Waals surface area contributed by atoms with Crippen molar-refractivity contribution in [3.05, 3.63) is 59.2 Å². The number of fused-ring (bicyclic) bond motifs is 1. The van der Waals surface area contributed by atoms with Gasteiger partial charge in [0.1, 0.15) is 0 Å². The summed E-state index contributed by atoms with van der Waals surface area (Å²) in [5, 5.41) is 6.10. The van der Waals surface area contributed by atoms with Gasteiger partial charge in [0.2, 0.25) is 11.8 Å². The molecule has 32 heavy (non-hydrogen) atoms. The Morgan fingerprint density at radius 3 is 1.72 bits per heavy atom. The molecule has 0 fully saturated rings. The summed E-state index contributed by atoms with van der Waals surface area (Å²) in [6, 6.07) is 14.5. The molecule has 2 N–H and O–H groups in total. The van der Waals surface area contributed by atoms with Gasteiger partial charge in [-0.2, -0.15) is 0 Å². The first-order chi connectivity index (χ1) is 14.6. The van der Waals surface area contributed by atoms with Crippen LogP contribution in [0.5, 0.6) is 0 Å². The second kappa shape index (κ2) is 7.75. The summed E-state index contributed by atoms with van der Waals surface area (Å²) >= 11 is 0. The molecule has 0 spiro atoms. The Morgan fingerprint density at radius 1 is 0.750 bits per heavy atom. The highest BCUT2D eigenvalue weighted by Crippen LogP contribution is 2.55. The molecule has 4 nitrogen and oxygen atoms in total. The van der Waals surface area contributed by atoms with Gasteiger partial charge < -0.3 is 10.6 Å². The molecule has 0 bridgehead atoms. The minimum atomic E-state index is -0.449. The Hall–Kier alpha value is -2.62. The molecule has 0 aromatic heterocycles. The molecule has 2 aromatic rings. The van der Waals surface area contributed by atoms with Crippen LogP contribution in [0.2, 0.25) is 0 Å². The van der Waals surface area contributed by atoms with E-state index in [0.717, 1.165) is 17.8 Å². The zero-order chi connectivity index (χ0) is 24.1. The number of carbonyl (C=O) groups is 2. The molecule has 0 saturated carbocycles. The highest BCUT2D eigenvalue weighted by molar-refractivity contribution is 5.95. The number of rotatable bonds is 3. The minimum absolute atomic E-state index is 0.00182. The summed E-state index contributed by atoms with van der Waals surface area (Å²) in [4.78, 5) is 24.9. The van der Waals surface area contributed by atoms with E-state index in [1.165, 1.54) is 16.7 Å². The van der Waals surface area contributed by atoms with Gasteiger partial charge in [-0.25, -0.2) is 0 Å². The van der Waals surface area contributed by atoms with Gasteiger partial charge in [0.25, 0.3) is 0 Å². The first kappa shape index (κ1) is 24.0. The number of benzene rings is 2. The van der Waals surface area contributed by atoms with Crippen LogP contribution in [-0.4, -0.2) is 11.8 Å². The number of nitrogens with one attached hydrogen (secondary N) is 2. The standard InChI is InChI=1S/C28H38N2O2/c1-25(2,3)23(31)29-20-14-11-19(12-15-20)28(9)22-16-21(30-24(32)26(4,5)6)13-10-18(22)17-27(28,7)8/h10-16H,17H2,1-9H3,(H,29,31)(H,30,32). The maximum Gasteiger partial charge on any atom is 0.229 e. The van der Waals surface area contributed by atoms with Gasteiger partial charge in [0.15, 0.2) is 0 Å². The lowest BCUT2D eigenvalue weighted by molar-refractivity contribution is -0.123. The summed E-state index contributed by atoms with van der Waals surface area (Å²) in [5.74, 6) is 0.0117. The normalized spacial score (nSPS) is 19.9. The monoisotopic (exact) mass is 434 g/mol. The maximum absolute atomic E-state index is 12.5. The first-order valence-corrected chi connectivity index (χ1v) is 11.4. The van der Waals surface area contributed by atoms with Crippen molar-refractivity contribution in [1.29, 1.82) is 0 Å². The molecule has 0 saturated heterocycles. The van der Waals surface area contributed by atoms with Crippen molar-refractivity contribution < 1.29 is 9.59 Å². The van der Waals surface area contributed by atoms with Crippen molar-refractivity contribution in [2.45, 2.75) is 74.1 Å². The van der Waals surface area contributed by atoms with Crippen LogP contribution in [0.25, 0.3) is 0 Å². The summed E-state index contributed by atoms with van der Waals surface area (Å²) < 4.78 is 0. The van der Waals surface area contributed by atoms with E-state index in [-0.39, 0.29) is 22.6 Å². The SMILES string of the molecule is CC(C)(C)C(=O)Nc1ccc(C2(C)c3cc(NC(=O)C(C)(C)C)ccc3CC2(C)C)cc1. The molecule has 1 unspecified atom stereocenters. The molecule has 4 heteroatoms. The molecule has 1 aliphatic rings. The fourth-order valence-electron chi connectivity index (χ4n) is 4.36. The van der Waals surface area contributed by atoms with E-state index < -0.39 is 10.8 Å². The van der Waals surface area contributed by atoms with Crippen molar-refractivity contribution in [3.63, 3.8) is 0 Å². The van der Waals surface area contributed by atoms with Crippen LogP contribution in [0.15, 0.2) is 42.5 Å². The van der Waals surface area contributed by atoms with Crippen LogP contribution in [0.1, 0.15) is 79.0 Å². The van der Waals surface area contributed by atoms with E-state index in [1.54, 1.807) is 0 Å². The van der Waals surface area contributed by atoms with Crippen LogP contribution < -0.4 is 10.6 Å². The molecule has 1 atom stereocenters. The Bertz CT molecular complexity index is 1040. The number of hydrogen-bond donors (Lipinski definition) is 2. The van der Waals surface area contributed by atoms with Gasteiger partial charge in [-0.1, -0.05) is 80.5 Å². The first-order valence-electron chi connectivity index (χ1n) is 11.4. The van der Waals surface area contributed by atoms with E-state index in [2.05, 4.69) is 55.7 Å². The number of hydrogen-bond acceptors (Lipinski definition) is 2. The molecule has 2 amide bonds. The van der Waals surface area contributed by atoms with Gasteiger partial charge >= 0.3 is 0 Å². The highest BCUT2D eigenvalue weighted by Gasteiger charge is 2.50. The third kappa shape index (κ3) is 4.32. The summed E-state index contributed by atoms with van der Waals surface area (Å²) in [6.45, 7) is 18.4. The van der Waals surface area contributed by atoms with E-state index in [0.29, 0.717) is 0 Å². The fourth-order valence-corrected chi connectivity index (χ4v) is 4.36. The van der Waals surface area contributed by atoms with Crippen LogP contribution >= 0.6 is 0 Å². The second-order valence-electron chi connectivity index (χ2n) is 12.0. The van der Waals surface area contributed by atoms with Gasteiger partial charge in [-0.15, -0.1) is 0 Å². The number of anilines is 2. The van der Waals surface area contributed by atoms with Gasteiger partial charge in [-0.05, 0) is 52.8 Å². The molecule has 1 aliphatic carbocycles.